The fourth-order valence-corrected chi connectivity index (χ4v) is 8.31. The summed E-state index contributed by atoms with van der Waals surface area (Å²) in [5.41, 5.74) is 9.09. The number of hydrogen-bond acceptors (Lipinski definition) is 5. The topological polar surface area (TPSA) is 69.9 Å². The number of nitrogens with zero attached hydrogens (tertiary/aromatic N) is 4. The summed E-state index contributed by atoms with van der Waals surface area (Å²) < 4.78 is 15.2. The molecule has 0 aliphatic heterocycles. The lowest BCUT2D eigenvalue weighted by Gasteiger charge is -2.13. The van der Waals surface area contributed by atoms with Crippen LogP contribution in [0.25, 0.3) is 116 Å². The van der Waals surface area contributed by atoms with Crippen LogP contribution < -0.4 is 0 Å². The molecule has 12 rings (SSSR count). The van der Waals surface area contributed by atoms with E-state index in [0.717, 1.165) is 93.3 Å². The number of furan rings is 2. The fourth-order valence-electron chi connectivity index (χ4n) is 8.31. The molecule has 0 N–H and O–H groups in total. The van der Waals surface area contributed by atoms with Gasteiger partial charge in [0, 0.05) is 54.6 Å². The molecule has 0 atom stereocenters. The summed E-state index contributed by atoms with van der Waals surface area (Å²) in [6, 6.07) is 58.6. The highest BCUT2D eigenvalue weighted by molar-refractivity contribution is 6.19. The van der Waals surface area contributed by atoms with Gasteiger partial charge in [0.25, 0.3) is 0 Å². The summed E-state index contributed by atoms with van der Waals surface area (Å²) >= 11 is 0. The van der Waals surface area contributed by atoms with E-state index in [2.05, 4.69) is 108 Å². The average Bonchev–Trinajstić information content (AvgIpc) is 3.95. The molecule has 0 bridgehead atoms. The molecule has 4 heterocycles. The molecule has 0 saturated carbocycles. The van der Waals surface area contributed by atoms with E-state index in [0.29, 0.717) is 17.6 Å². The van der Waals surface area contributed by atoms with Crippen LogP contribution in [0.2, 0.25) is 0 Å². The van der Waals surface area contributed by atoms with Crippen molar-refractivity contribution in [3.8, 4) is 39.9 Å². The van der Waals surface area contributed by atoms with Crippen molar-refractivity contribution in [3.05, 3.63) is 170 Å². The standard InChI is InChI=1S/C49H28N4O2.C2H6/c1-2-12-29(13-3-1)47-50-48(32-24-25-35-33-16-6-8-22-42(33)54-44(35)28-32)52-49(51-47)53-41-27-31-15-5-4-14-30(31)26-40(41)37-19-10-18-36(45(37)53)39-21-11-20-38-34-17-7-9-23-43(34)55-46(38)39;1-2/h1-28H;1-2H3. The molecule has 0 aliphatic carbocycles. The molecule has 0 unspecified atom stereocenters. The van der Waals surface area contributed by atoms with Crippen LogP contribution in [0.3, 0.4) is 0 Å². The predicted molar refractivity (Wildman–Crippen MR) is 234 cm³/mol. The zero-order chi connectivity index (χ0) is 38.0. The van der Waals surface area contributed by atoms with Crippen molar-refractivity contribution in [2.24, 2.45) is 0 Å². The highest BCUT2D eigenvalue weighted by Crippen LogP contribution is 2.43. The Hall–Kier alpha value is -7.57. The molecular weight excluding hydrogens is 701 g/mol. The van der Waals surface area contributed by atoms with E-state index < -0.39 is 0 Å². The lowest BCUT2D eigenvalue weighted by molar-refractivity contribution is 0.669. The molecule has 0 saturated heterocycles. The second-order valence-electron chi connectivity index (χ2n) is 14.0. The molecule has 0 amide bonds. The Kier molecular flexibility index (Phi) is 7.51. The summed E-state index contributed by atoms with van der Waals surface area (Å²) in [6.45, 7) is 4.00. The first-order chi connectivity index (χ1) is 28.2. The Morgan fingerprint density at radius 1 is 0.404 bits per heavy atom. The molecule has 0 fully saturated rings. The Morgan fingerprint density at radius 2 is 1.00 bits per heavy atom. The van der Waals surface area contributed by atoms with Gasteiger partial charge in [0.2, 0.25) is 5.95 Å². The van der Waals surface area contributed by atoms with E-state index in [1.54, 1.807) is 0 Å². The molecular formula is C51H34N4O2. The maximum absolute atomic E-state index is 6.62. The van der Waals surface area contributed by atoms with Crippen LogP contribution in [0.15, 0.2) is 179 Å². The predicted octanol–water partition coefficient (Wildman–Crippen LogP) is 13.9. The monoisotopic (exact) mass is 734 g/mol. The van der Waals surface area contributed by atoms with Crippen molar-refractivity contribution in [2.75, 3.05) is 0 Å². The third-order valence-corrected chi connectivity index (χ3v) is 10.8. The van der Waals surface area contributed by atoms with Crippen LogP contribution in [0.1, 0.15) is 13.8 Å². The van der Waals surface area contributed by atoms with Gasteiger partial charge in [0.1, 0.15) is 22.3 Å². The van der Waals surface area contributed by atoms with Gasteiger partial charge in [-0.15, -0.1) is 0 Å². The molecule has 6 heteroatoms. The zero-order valence-corrected chi connectivity index (χ0v) is 31.3. The first-order valence-electron chi connectivity index (χ1n) is 19.4. The number of para-hydroxylation sites is 4. The number of aromatic nitrogens is 4. The van der Waals surface area contributed by atoms with E-state index in [9.17, 15) is 0 Å². The van der Waals surface area contributed by atoms with Crippen molar-refractivity contribution >= 4 is 76.5 Å². The Morgan fingerprint density at radius 3 is 1.79 bits per heavy atom. The summed E-state index contributed by atoms with van der Waals surface area (Å²) in [5, 5.41) is 8.80. The number of benzene rings is 8. The molecule has 270 valence electrons. The lowest BCUT2D eigenvalue weighted by atomic mass is 9.99. The van der Waals surface area contributed by atoms with Gasteiger partial charge in [0.05, 0.1) is 11.0 Å². The quantitative estimate of drug-likeness (QED) is 0.180. The minimum atomic E-state index is 0.521. The third kappa shape index (κ3) is 5.15. The van der Waals surface area contributed by atoms with Crippen LogP contribution in [0.4, 0.5) is 0 Å². The van der Waals surface area contributed by atoms with Gasteiger partial charge in [-0.1, -0.05) is 147 Å². The molecule has 0 aliphatic rings. The van der Waals surface area contributed by atoms with E-state index in [1.807, 2.05) is 80.6 Å². The number of rotatable bonds is 4. The molecule has 12 aromatic rings. The first-order valence-corrected chi connectivity index (χ1v) is 19.4. The second-order valence-corrected chi connectivity index (χ2v) is 14.0. The van der Waals surface area contributed by atoms with E-state index in [4.69, 9.17) is 23.8 Å². The SMILES string of the molecule is CC.c1ccc(-c2nc(-c3ccc4c(c3)oc3ccccc34)nc(-n3c4cc5ccccc5cc4c4cccc(-c5cccc6c5oc5ccccc56)c43)n2)cc1. The maximum Gasteiger partial charge on any atom is 0.238 e. The van der Waals surface area contributed by atoms with Crippen LogP contribution in [-0.2, 0) is 0 Å². The molecule has 8 aromatic carbocycles. The van der Waals surface area contributed by atoms with Gasteiger partial charge < -0.3 is 8.83 Å². The number of fused-ring (bicyclic) bond motifs is 10. The Balaban J connectivity index is 0.00000184. The summed E-state index contributed by atoms with van der Waals surface area (Å²) in [4.78, 5) is 15.7. The highest BCUT2D eigenvalue weighted by Gasteiger charge is 2.23. The summed E-state index contributed by atoms with van der Waals surface area (Å²) in [7, 11) is 0. The molecule has 0 spiro atoms. The van der Waals surface area contributed by atoms with Gasteiger partial charge in [-0.2, -0.15) is 9.97 Å². The highest BCUT2D eigenvalue weighted by atomic mass is 16.3. The smallest absolute Gasteiger partial charge is 0.238 e. The third-order valence-electron chi connectivity index (χ3n) is 10.8. The second kappa shape index (κ2) is 13.0. The lowest BCUT2D eigenvalue weighted by Crippen LogP contribution is -2.07. The van der Waals surface area contributed by atoms with Crippen LogP contribution in [0.5, 0.6) is 0 Å². The Bertz CT molecular complexity index is 3500. The maximum atomic E-state index is 6.62. The first kappa shape index (κ1) is 32.8. The molecule has 0 radical (unpaired) electrons. The van der Waals surface area contributed by atoms with E-state index in [1.165, 1.54) is 5.39 Å². The van der Waals surface area contributed by atoms with Crippen LogP contribution in [-0.4, -0.2) is 19.5 Å². The molecule has 6 nitrogen and oxygen atoms in total. The van der Waals surface area contributed by atoms with E-state index in [-0.39, 0.29) is 0 Å². The number of hydrogen-bond donors (Lipinski definition) is 0. The van der Waals surface area contributed by atoms with Gasteiger partial charge in [-0.05, 0) is 47.2 Å². The van der Waals surface area contributed by atoms with Gasteiger partial charge in [0.15, 0.2) is 11.6 Å². The largest absolute Gasteiger partial charge is 0.456 e. The van der Waals surface area contributed by atoms with Crippen molar-refractivity contribution in [3.63, 3.8) is 0 Å². The van der Waals surface area contributed by atoms with Gasteiger partial charge in [-0.3, -0.25) is 4.57 Å². The van der Waals surface area contributed by atoms with Crippen molar-refractivity contribution in [1.82, 2.24) is 19.5 Å². The van der Waals surface area contributed by atoms with Gasteiger partial charge >= 0.3 is 0 Å². The van der Waals surface area contributed by atoms with E-state index >= 15 is 0 Å². The van der Waals surface area contributed by atoms with Crippen molar-refractivity contribution < 1.29 is 8.83 Å². The minimum Gasteiger partial charge on any atom is -0.456 e. The zero-order valence-electron chi connectivity index (χ0n) is 31.3. The van der Waals surface area contributed by atoms with Gasteiger partial charge in [-0.25, -0.2) is 4.98 Å². The van der Waals surface area contributed by atoms with Crippen molar-refractivity contribution in [2.45, 2.75) is 13.8 Å². The van der Waals surface area contributed by atoms with Crippen molar-refractivity contribution in [1.29, 1.82) is 0 Å². The minimum absolute atomic E-state index is 0.521. The Labute approximate surface area is 327 Å². The molecule has 4 aromatic heterocycles. The van der Waals surface area contributed by atoms with Crippen LogP contribution in [0, 0.1) is 0 Å². The summed E-state index contributed by atoms with van der Waals surface area (Å²) in [6.07, 6.45) is 0. The summed E-state index contributed by atoms with van der Waals surface area (Å²) in [5.74, 6) is 1.66. The average molecular weight is 735 g/mol. The fraction of sp³-hybridized carbons (Fsp3) is 0.0392. The normalized spacial score (nSPS) is 11.7. The van der Waals surface area contributed by atoms with Crippen LogP contribution >= 0.6 is 0 Å². The molecule has 57 heavy (non-hydrogen) atoms.